The summed E-state index contributed by atoms with van der Waals surface area (Å²) in [7, 11) is 0. The van der Waals surface area contributed by atoms with Crippen LogP contribution in [0.15, 0.2) is 22.7 Å². The van der Waals surface area contributed by atoms with Gasteiger partial charge < -0.3 is 10.3 Å². The Kier molecular flexibility index (Phi) is 2.97. The smallest absolute Gasteiger partial charge is 0.0459 e. The second-order valence-electron chi connectivity index (χ2n) is 4.77. The first-order valence-corrected chi connectivity index (χ1v) is 7.09. The molecule has 17 heavy (non-hydrogen) atoms. The zero-order valence-electron chi connectivity index (χ0n) is 10.0. The second kappa shape index (κ2) is 4.46. The van der Waals surface area contributed by atoms with E-state index in [0.29, 0.717) is 6.04 Å². The third-order valence-corrected chi connectivity index (χ3v) is 4.14. The number of rotatable bonds is 2. The van der Waals surface area contributed by atoms with Crippen molar-refractivity contribution in [3.8, 4) is 0 Å². The Balaban J connectivity index is 2.04. The van der Waals surface area contributed by atoms with Crippen LogP contribution >= 0.6 is 15.9 Å². The number of aryl methyl sites for hydroxylation is 1. The van der Waals surface area contributed by atoms with Crippen molar-refractivity contribution in [2.75, 3.05) is 6.54 Å². The van der Waals surface area contributed by atoms with Gasteiger partial charge in [0.1, 0.15) is 0 Å². The lowest BCUT2D eigenvalue weighted by Gasteiger charge is -2.23. The number of halogens is 1. The van der Waals surface area contributed by atoms with Gasteiger partial charge in [0.25, 0.3) is 0 Å². The van der Waals surface area contributed by atoms with E-state index in [1.54, 1.807) is 0 Å². The van der Waals surface area contributed by atoms with Crippen molar-refractivity contribution in [2.45, 2.75) is 32.2 Å². The fourth-order valence-corrected chi connectivity index (χ4v) is 3.21. The van der Waals surface area contributed by atoms with E-state index in [4.69, 9.17) is 0 Å². The number of nitrogens with one attached hydrogen (secondary N) is 2. The summed E-state index contributed by atoms with van der Waals surface area (Å²) in [6.45, 7) is 3.24. The van der Waals surface area contributed by atoms with Crippen molar-refractivity contribution in [1.82, 2.24) is 10.3 Å². The molecule has 1 aliphatic rings. The molecule has 2 nitrogen and oxygen atoms in total. The van der Waals surface area contributed by atoms with Gasteiger partial charge in [0.15, 0.2) is 0 Å². The highest BCUT2D eigenvalue weighted by molar-refractivity contribution is 9.10. The molecule has 0 bridgehead atoms. The molecule has 3 rings (SSSR count). The molecule has 1 unspecified atom stereocenters. The molecule has 0 saturated carbocycles. The maximum atomic E-state index is 3.57. The van der Waals surface area contributed by atoms with Crippen LogP contribution in [0, 0.1) is 0 Å². The molecule has 1 aromatic carbocycles. The molecule has 90 valence electrons. The van der Waals surface area contributed by atoms with Gasteiger partial charge in [-0.25, -0.2) is 0 Å². The molecule has 0 saturated heterocycles. The minimum atomic E-state index is 0.644. The summed E-state index contributed by atoms with van der Waals surface area (Å²) in [6, 6.07) is 7.15. The number of benzene rings is 1. The number of H-pyrrole nitrogens is 1. The Morgan fingerprint density at radius 2 is 2.35 bits per heavy atom. The van der Waals surface area contributed by atoms with E-state index in [0.717, 1.165) is 17.4 Å². The quantitative estimate of drug-likeness (QED) is 0.872. The van der Waals surface area contributed by atoms with Crippen molar-refractivity contribution in [2.24, 2.45) is 0 Å². The summed E-state index contributed by atoms with van der Waals surface area (Å²) >= 11 is 3.56. The lowest BCUT2D eigenvalue weighted by atomic mass is 9.91. The topological polar surface area (TPSA) is 27.8 Å². The third kappa shape index (κ3) is 2.02. The van der Waals surface area contributed by atoms with Crippen LogP contribution in [-0.4, -0.2) is 17.6 Å². The first-order chi connectivity index (χ1) is 8.28. The molecule has 1 aromatic heterocycles. The molecule has 0 fully saturated rings. The lowest BCUT2D eigenvalue weighted by Crippen LogP contribution is -2.34. The van der Waals surface area contributed by atoms with Crippen molar-refractivity contribution < 1.29 is 0 Å². The first-order valence-electron chi connectivity index (χ1n) is 6.30. The Labute approximate surface area is 110 Å². The number of hydrogen-bond acceptors (Lipinski definition) is 1. The molecule has 0 aliphatic heterocycles. The zero-order valence-corrected chi connectivity index (χ0v) is 11.6. The van der Waals surface area contributed by atoms with Crippen LogP contribution in [-0.2, 0) is 12.8 Å². The van der Waals surface area contributed by atoms with E-state index in [2.05, 4.69) is 51.4 Å². The molecule has 2 N–H and O–H groups in total. The molecule has 0 spiro atoms. The second-order valence-corrected chi connectivity index (χ2v) is 5.69. The van der Waals surface area contributed by atoms with Crippen LogP contribution in [0.2, 0.25) is 0 Å². The van der Waals surface area contributed by atoms with E-state index in [1.807, 2.05) is 0 Å². The number of likely N-dealkylation sites (N-methyl/N-ethyl adjacent to an activating group) is 1. The van der Waals surface area contributed by atoms with E-state index >= 15 is 0 Å². The number of hydrogen-bond donors (Lipinski definition) is 2. The van der Waals surface area contributed by atoms with Gasteiger partial charge in [-0.05, 0) is 49.6 Å². The van der Waals surface area contributed by atoms with Crippen LogP contribution in [0.4, 0.5) is 0 Å². The Morgan fingerprint density at radius 3 is 3.18 bits per heavy atom. The molecule has 0 amide bonds. The van der Waals surface area contributed by atoms with E-state index in [-0.39, 0.29) is 0 Å². The van der Waals surface area contributed by atoms with Crippen molar-refractivity contribution in [1.29, 1.82) is 0 Å². The average Bonchev–Trinajstić information content (AvgIpc) is 2.67. The predicted octanol–water partition coefficient (Wildman–Crippen LogP) is 3.40. The standard InChI is InChI=1S/C14H17BrN2/c1-2-16-10-4-6-14-12(8-10)11-7-9(15)3-5-13(11)17-14/h3,5,7,10,16-17H,2,4,6,8H2,1H3. The zero-order chi connectivity index (χ0) is 11.8. The van der Waals surface area contributed by atoms with Crippen molar-refractivity contribution in [3.05, 3.63) is 33.9 Å². The SMILES string of the molecule is CCNC1CCc2[nH]c3ccc(Br)cc3c2C1. The fourth-order valence-electron chi connectivity index (χ4n) is 2.85. The van der Waals surface area contributed by atoms with Gasteiger partial charge in [0.05, 0.1) is 0 Å². The Morgan fingerprint density at radius 1 is 1.47 bits per heavy atom. The van der Waals surface area contributed by atoms with Crippen LogP contribution in [0.5, 0.6) is 0 Å². The summed E-state index contributed by atoms with van der Waals surface area (Å²) in [4.78, 5) is 3.56. The number of aromatic nitrogens is 1. The van der Waals surface area contributed by atoms with Crippen LogP contribution < -0.4 is 5.32 Å². The third-order valence-electron chi connectivity index (χ3n) is 3.64. The lowest BCUT2D eigenvalue weighted by molar-refractivity contribution is 0.470. The highest BCUT2D eigenvalue weighted by Gasteiger charge is 2.21. The van der Waals surface area contributed by atoms with Gasteiger partial charge in [0.2, 0.25) is 0 Å². The largest absolute Gasteiger partial charge is 0.358 e. The van der Waals surface area contributed by atoms with Crippen molar-refractivity contribution >= 4 is 26.8 Å². The van der Waals surface area contributed by atoms with Crippen molar-refractivity contribution in [3.63, 3.8) is 0 Å². The molecule has 1 aliphatic carbocycles. The summed E-state index contributed by atoms with van der Waals surface area (Å²) in [5.74, 6) is 0. The number of fused-ring (bicyclic) bond motifs is 3. The molecule has 0 radical (unpaired) electrons. The molecule has 1 heterocycles. The monoisotopic (exact) mass is 292 g/mol. The predicted molar refractivity (Wildman–Crippen MR) is 75.5 cm³/mol. The van der Waals surface area contributed by atoms with Gasteiger partial charge in [-0.3, -0.25) is 0 Å². The molecule has 3 heteroatoms. The van der Waals surface area contributed by atoms with Crippen LogP contribution in [0.1, 0.15) is 24.6 Å². The van der Waals surface area contributed by atoms with Gasteiger partial charge in [-0.2, -0.15) is 0 Å². The van der Waals surface area contributed by atoms with E-state index < -0.39 is 0 Å². The maximum absolute atomic E-state index is 3.57. The van der Waals surface area contributed by atoms with Gasteiger partial charge >= 0.3 is 0 Å². The normalized spacial score (nSPS) is 19.5. The van der Waals surface area contributed by atoms with Gasteiger partial charge in [-0.15, -0.1) is 0 Å². The van der Waals surface area contributed by atoms with Crippen LogP contribution in [0.25, 0.3) is 10.9 Å². The molecular formula is C14H17BrN2. The summed E-state index contributed by atoms with van der Waals surface area (Å²) < 4.78 is 1.16. The van der Waals surface area contributed by atoms with Crippen LogP contribution in [0.3, 0.4) is 0 Å². The average molecular weight is 293 g/mol. The summed E-state index contributed by atoms with van der Waals surface area (Å²) in [5.41, 5.74) is 4.22. The molecular weight excluding hydrogens is 276 g/mol. The van der Waals surface area contributed by atoms with E-state index in [1.165, 1.54) is 35.0 Å². The van der Waals surface area contributed by atoms with E-state index in [9.17, 15) is 0 Å². The first kappa shape index (κ1) is 11.3. The summed E-state index contributed by atoms with van der Waals surface area (Å²) in [5, 5.41) is 4.95. The molecule has 2 aromatic rings. The maximum Gasteiger partial charge on any atom is 0.0459 e. The molecule has 1 atom stereocenters. The van der Waals surface area contributed by atoms with Gasteiger partial charge in [-0.1, -0.05) is 22.9 Å². The Hall–Kier alpha value is -0.800. The summed E-state index contributed by atoms with van der Waals surface area (Å²) in [6.07, 6.45) is 3.56. The minimum absolute atomic E-state index is 0.644. The Bertz CT molecular complexity index is 544. The fraction of sp³-hybridized carbons (Fsp3) is 0.429. The van der Waals surface area contributed by atoms with Gasteiger partial charge in [0, 0.05) is 27.1 Å². The number of aromatic amines is 1. The minimum Gasteiger partial charge on any atom is -0.358 e. The highest BCUT2D eigenvalue weighted by atomic mass is 79.9. The highest BCUT2D eigenvalue weighted by Crippen LogP contribution is 2.30.